The Morgan fingerprint density at radius 2 is 2.10 bits per heavy atom. The Bertz CT molecular complexity index is 454. The van der Waals surface area contributed by atoms with Crippen LogP contribution < -0.4 is 5.73 Å². The van der Waals surface area contributed by atoms with Crippen molar-refractivity contribution < 1.29 is 18.7 Å². The SMILES string of the molecule is COCCN(C(=O)c1ccc(F)cc1N)C(C)COC. The molecule has 0 radical (unpaired) electrons. The molecule has 0 fully saturated rings. The third-order valence-corrected chi connectivity index (χ3v) is 2.98. The maximum Gasteiger partial charge on any atom is 0.256 e. The van der Waals surface area contributed by atoms with Crippen LogP contribution in [-0.4, -0.2) is 50.8 Å². The molecule has 0 aliphatic rings. The second kappa shape index (κ2) is 7.81. The maximum atomic E-state index is 13.0. The minimum absolute atomic E-state index is 0.127. The van der Waals surface area contributed by atoms with Crippen molar-refractivity contribution in [1.29, 1.82) is 0 Å². The van der Waals surface area contributed by atoms with Crippen molar-refractivity contribution >= 4 is 11.6 Å². The van der Waals surface area contributed by atoms with Crippen molar-refractivity contribution in [3.05, 3.63) is 29.6 Å². The second-order valence-electron chi connectivity index (χ2n) is 4.53. The van der Waals surface area contributed by atoms with Crippen LogP contribution >= 0.6 is 0 Å². The molecule has 20 heavy (non-hydrogen) atoms. The van der Waals surface area contributed by atoms with Crippen LogP contribution in [0.2, 0.25) is 0 Å². The quantitative estimate of drug-likeness (QED) is 0.771. The summed E-state index contributed by atoms with van der Waals surface area (Å²) in [5, 5.41) is 0. The number of halogens is 1. The van der Waals surface area contributed by atoms with E-state index in [9.17, 15) is 9.18 Å². The minimum atomic E-state index is -0.465. The number of carbonyl (C=O) groups is 1. The summed E-state index contributed by atoms with van der Waals surface area (Å²) in [6.45, 7) is 3.09. The number of nitrogen functional groups attached to an aromatic ring is 1. The van der Waals surface area contributed by atoms with E-state index in [0.717, 1.165) is 6.07 Å². The van der Waals surface area contributed by atoms with Crippen LogP contribution in [0, 0.1) is 5.82 Å². The van der Waals surface area contributed by atoms with Gasteiger partial charge in [-0.05, 0) is 25.1 Å². The summed E-state index contributed by atoms with van der Waals surface area (Å²) in [7, 11) is 3.14. The van der Waals surface area contributed by atoms with Crippen molar-refractivity contribution in [2.45, 2.75) is 13.0 Å². The Kier molecular flexibility index (Phi) is 6.41. The zero-order valence-electron chi connectivity index (χ0n) is 12.1. The summed E-state index contributed by atoms with van der Waals surface area (Å²) in [6.07, 6.45) is 0. The highest BCUT2D eigenvalue weighted by Crippen LogP contribution is 2.17. The molecule has 1 aromatic carbocycles. The van der Waals surface area contributed by atoms with Gasteiger partial charge in [0.2, 0.25) is 0 Å². The molecule has 1 rings (SSSR count). The van der Waals surface area contributed by atoms with Gasteiger partial charge >= 0.3 is 0 Å². The molecular weight excluding hydrogens is 263 g/mol. The maximum absolute atomic E-state index is 13.0. The lowest BCUT2D eigenvalue weighted by molar-refractivity contribution is 0.0480. The number of hydrogen-bond acceptors (Lipinski definition) is 4. The van der Waals surface area contributed by atoms with Crippen LogP contribution in [0.3, 0.4) is 0 Å². The Hall–Kier alpha value is -1.66. The first-order valence-corrected chi connectivity index (χ1v) is 6.35. The highest BCUT2D eigenvalue weighted by molar-refractivity contribution is 5.99. The van der Waals surface area contributed by atoms with Gasteiger partial charge < -0.3 is 20.1 Å². The van der Waals surface area contributed by atoms with Crippen molar-refractivity contribution in [2.75, 3.05) is 39.7 Å². The van der Waals surface area contributed by atoms with Crippen LogP contribution in [0.15, 0.2) is 18.2 Å². The van der Waals surface area contributed by atoms with E-state index in [1.165, 1.54) is 12.1 Å². The standard InChI is InChI=1S/C14H21FN2O3/c1-10(9-20-3)17(6-7-19-2)14(18)12-5-4-11(15)8-13(12)16/h4-5,8,10H,6-7,9,16H2,1-3H3. The molecule has 0 heterocycles. The fourth-order valence-corrected chi connectivity index (χ4v) is 1.93. The number of nitrogens with two attached hydrogens (primary N) is 1. The zero-order chi connectivity index (χ0) is 15.1. The highest BCUT2D eigenvalue weighted by atomic mass is 19.1. The number of amides is 1. The third kappa shape index (κ3) is 4.18. The zero-order valence-corrected chi connectivity index (χ0v) is 12.1. The largest absolute Gasteiger partial charge is 0.398 e. The molecule has 0 bridgehead atoms. The monoisotopic (exact) mass is 284 g/mol. The lowest BCUT2D eigenvalue weighted by atomic mass is 10.1. The van der Waals surface area contributed by atoms with Gasteiger partial charge in [0, 0.05) is 26.5 Å². The number of ether oxygens (including phenoxy) is 2. The Morgan fingerprint density at radius 1 is 1.40 bits per heavy atom. The van der Waals surface area contributed by atoms with Gasteiger partial charge in [0.25, 0.3) is 5.91 Å². The minimum Gasteiger partial charge on any atom is -0.398 e. The molecule has 0 aliphatic carbocycles. The van der Waals surface area contributed by atoms with E-state index in [0.29, 0.717) is 19.8 Å². The number of anilines is 1. The van der Waals surface area contributed by atoms with Crippen molar-refractivity contribution in [1.82, 2.24) is 4.90 Å². The molecule has 1 atom stereocenters. The third-order valence-electron chi connectivity index (χ3n) is 2.98. The first kappa shape index (κ1) is 16.4. The van der Waals surface area contributed by atoms with Gasteiger partial charge in [-0.15, -0.1) is 0 Å². The number of carbonyl (C=O) groups excluding carboxylic acids is 1. The lowest BCUT2D eigenvalue weighted by Crippen LogP contribution is -2.43. The first-order valence-electron chi connectivity index (χ1n) is 6.35. The smallest absolute Gasteiger partial charge is 0.256 e. The fourth-order valence-electron chi connectivity index (χ4n) is 1.93. The summed E-state index contributed by atoms with van der Waals surface area (Å²) < 4.78 is 23.1. The number of methoxy groups -OCH3 is 2. The first-order chi connectivity index (χ1) is 9.51. The van der Waals surface area contributed by atoms with Gasteiger partial charge in [0.05, 0.1) is 24.8 Å². The molecule has 1 unspecified atom stereocenters. The Balaban J connectivity index is 2.96. The molecule has 2 N–H and O–H groups in total. The fraction of sp³-hybridized carbons (Fsp3) is 0.500. The van der Waals surface area contributed by atoms with E-state index in [-0.39, 0.29) is 23.2 Å². The number of benzene rings is 1. The van der Waals surface area contributed by atoms with Crippen LogP contribution in [-0.2, 0) is 9.47 Å². The summed E-state index contributed by atoms with van der Waals surface area (Å²) >= 11 is 0. The van der Waals surface area contributed by atoms with Crippen LogP contribution in [0.1, 0.15) is 17.3 Å². The Morgan fingerprint density at radius 3 is 2.65 bits per heavy atom. The van der Waals surface area contributed by atoms with Gasteiger partial charge in [0.15, 0.2) is 0 Å². The molecule has 0 aliphatic heterocycles. The molecule has 0 aromatic heterocycles. The summed E-state index contributed by atoms with van der Waals surface area (Å²) in [4.78, 5) is 14.1. The molecule has 1 aromatic rings. The number of rotatable bonds is 7. The molecule has 112 valence electrons. The molecule has 5 nitrogen and oxygen atoms in total. The summed E-state index contributed by atoms with van der Waals surface area (Å²) in [5.74, 6) is -0.725. The average Bonchev–Trinajstić information content (AvgIpc) is 2.39. The normalized spacial score (nSPS) is 12.2. The van der Waals surface area contributed by atoms with Gasteiger partial charge in [0.1, 0.15) is 5.82 Å². The van der Waals surface area contributed by atoms with E-state index in [4.69, 9.17) is 15.2 Å². The van der Waals surface area contributed by atoms with Gasteiger partial charge in [-0.1, -0.05) is 0 Å². The van der Waals surface area contributed by atoms with Gasteiger partial charge in [-0.3, -0.25) is 4.79 Å². The molecule has 6 heteroatoms. The van der Waals surface area contributed by atoms with Crippen LogP contribution in [0.5, 0.6) is 0 Å². The average molecular weight is 284 g/mol. The van der Waals surface area contributed by atoms with Gasteiger partial charge in [-0.25, -0.2) is 4.39 Å². The molecule has 0 saturated heterocycles. The number of hydrogen-bond donors (Lipinski definition) is 1. The van der Waals surface area contributed by atoms with E-state index in [1.807, 2.05) is 6.92 Å². The lowest BCUT2D eigenvalue weighted by Gasteiger charge is -2.29. The molecule has 0 saturated carbocycles. The van der Waals surface area contributed by atoms with Crippen LogP contribution in [0.25, 0.3) is 0 Å². The number of nitrogens with zero attached hydrogens (tertiary/aromatic N) is 1. The molecular formula is C14H21FN2O3. The second-order valence-corrected chi connectivity index (χ2v) is 4.53. The molecule has 0 spiro atoms. The van der Waals surface area contributed by atoms with Crippen LogP contribution in [0.4, 0.5) is 10.1 Å². The predicted molar refractivity (Wildman–Crippen MR) is 75.1 cm³/mol. The Labute approximate surface area is 118 Å². The van der Waals surface area contributed by atoms with Gasteiger partial charge in [-0.2, -0.15) is 0 Å². The van der Waals surface area contributed by atoms with Crippen molar-refractivity contribution in [2.24, 2.45) is 0 Å². The summed E-state index contributed by atoms with van der Waals surface area (Å²) in [6, 6.07) is 3.63. The van der Waals surface area contributed by atoms with E-state index in [2.05, 4.69) is 0 Å². The van der Waals surface area contributed by atoms with E-state index in [1.54, 1.807) is 19.1 Å². The van der Waals surface area contributed by atoms with E-state index < -0.39 is 5.82 Å². The summed E-state index contributed by atoms with van der Waals surface area (Å²) in [5.41, 5.74) is 6.12. The van der Waals surface area contributed by atoms with Crippen molar-refractivity contribution in [3.8, 4) is 0 Å². The molecule has 1 amide bonds. The predicted octanol–water partition coefficient (Wildman–Crippen LogP) is 1.53. The van der Waals surface area contributed by atoms with Crippen molar-refractivity contribution in [3.63, 3.8) is 0 Å². The van der Waals surface area contributed by atoms with E-state index >= 15 is 0 Å². The topological polar surface area (TPSA) is 64.8 Å². The highest BCUT2D eigenvalue weighted by Gasteiger charge is 2.23.